The first-order chi connectivity index (χ1) is 10.3. The Labute approximate surface area is 123 Å². The molecule has 0 bridgehead atoms. The third kappa shape index (κ3) is 3.12. The third-order valence-corrected chi connectivity index (χ3v) is 3.50. The summed E-state index contributed by atoms with van der Waals surface area (Å²) < 4.78 is 5.35. The Morgan fingerprint density at radius 2 is 1.86 bits per heavy atom. The van der Waals surface area contributed by atoms with Crippen molar-refractivity contribution in [1.29, 1.82) is 0 Å². The molecule has 0 aliphatic carbocycles. The van der Waals surface area contributed by atoms with Crippen molar-refractivity contribution in [2.75, 3.05) is 36.9 Å². The van der Waals surface area contributed by atoms with Gasteiger partial charge in [-0.2, -0.15) is 4.98 Å². The third-order valence-electron chi connectivity index (χ3n) is 3.50. The van der Waals surface area contributed by atoms with Crippen molar-refractivity contribution in [1.82, 2.24) is 9.97 Å². The highest BCUT2D eigenvalue weighted by molar-refractivity contribution is 5.64. The second-order valence-electron chi connectivity index (χ2n) is 4.92. The molecule has 0 amide bonds. The van der Waals surface area contributed by atoms with Crippen molar-refractivity contribution in [3.05, 3.63) is 35.9 Å². The van der Waals surface area contributed by atoms with E-state index >= 15 is 0 Å². The zero-order chi connectivity index (χ0) is 14.7. The highest BCUT2D eigenvalue weighted by Crippen LogP contribution is 2.23. The molecule has 6 nitrogen and oxygen atoms in total. The quantitative estimate of drug-likeness (QED) is 0.877. The van der Waals surface area contributed by atoms with Gasteiger partial charge in [0.2, 0.25) is 5.95 Å². The monoisotopic (exact) mass is 286 g/mol. The lowest BCUT2D eigenvalue weighted by Gasteiger charge is -2.28. The van der Waals surface area contributed by atoms with E-state index in [2.05, 4.69) is 14.9 Å². The van der Waals surface area contributed by atoms with Crippen LogP contribution in [0.3, 0.4) is 0 Å². The van der Waals surface area contributed by atoms with Crippen molar-refractivity contribution in [2.24, 2.45) is 0 Å². The van der Waals surface area contributed by atoms with Crippen LogP contribution in [0.4, 0.5) is 11.8 Å². The van der Waals surface area contributed by atoms with E-state index in [1.165, 1.54) is 0 Å². The molecular formula is C15H18N4O2. The Balaban J connectivity index is 1.92. The number of nitrogens with two attached hydrogens (primary N) is 1. The number of aliphatic hydroxyl groups is 1. The van der Waals surface area contributed by atoms with Gasteiger partial charge in [0.15, 0.2) is 0 Å². The largest absolute Gasteiger partial charge is 0.392 e. The van der Waals surface area contributed by atoms with Crippen LogP contribution in [0.15, 0.2) is 30.3 Å². The van der Waals surface area contributed by atoms with Gasteiger partial charge in [-0.3, -0.25) is 0 Å². The van der Waals surface area contributed by atoms with Crippen molar-refractivity contribution in [2.45, 2.75) is 6.61 Å². The van der Waals surface area contributed by atoms with Crippen molar-refractivity contribution < 1.29 is 9.84 Å². The molecule has 3 N–H and O–H groups in total. The number of ether oxygens (including phenoxy) is 1. The number of aliphatic hydroxyl groups excluding tert-OH is 1. The predicted octanol–water partition coefficient (Wildman–Crippen LogP) is 1.05. The van der Waals surface area contributed by atoms with Crippen LogP contribution in [-0.2, 0) is 11.3 Å². The summed E-state index contributed by atoms with van der Waals surface area (Å²) in [6.45, 7) is 3.04. The summed E-state index contributed by atoms with van der Waals surface area (Å²) in [4.78, 5) is 10.8. The summed E-state index contributed by atoms with van der Waals surface area (Å²) in [7, 11) is 0. The van der Waals surface area contributed by atoms with Gasteiger partial charge in [0.05, 0.1) is 25.5 Å². The zero-order valence-electron chi connectivity index (χ0n) is 11.7. The zero-order valence-corrected chi connectivity index (χ0v) is 11.7. The van der Waals surface area contributed by atoms with Crippen LogP contribution in [0.25, 0.3) is 11.3 Å². The molecule has 2 aromatic rings. The lowest BCUT2D eigenvalue weighted by Crippen LogP contribution is -2.36. The van der Waals surface area contributed by atoms with Crippen LogP contribution in [0.2, 0.25) is 0 Å². The number of hydrogen-bond acceptors (Lipinski definition) is 6. The van der Waals surface area contributed by atoms with Crippen molar-refractivity contribution >= 4 is 11.8 Å². The van der Waals surface area contributed by atoms with Crippen molar-refractivity contribution in [3.63, 3.8) is 0 Å². The van der Waals surface area contributed by atoms with Crippen LogP contribution >= 0.6 is 0 Å². The Hall–Kier alpha value is -2.18. The number of nitrogen functional groups attached to an aromatic ring is 1. The first-order valence-electron chi connectivity index (χ1n) is 6.94. The molecule has 0 spiro atoms. The summed E-state index contributed by atoms with van der Waals surface area (Å²) in [5, 5.41) is 9.09. The molecule has 0 saturated carbocycles. The molecule has 1 fully saturated rings. The van der Waals surface area contributed by atoms with Gasteiger partial charge in [-0.1, -0.05) is 24.3 Å². The second-order valence-corrected chi connectivity index (χ2v) is 4.92. The molecule has 6 heteroatoms. The summed E-state index contributed by atoms with van der Waals surface area (Å²) in [6.07, 6.45) is 0. The van der Waals surface area contributed by atoms with E-state index in [4.69, 9.17) is 15.6 Å². The van der Waals surface area contributed by atoms with Crippen LogP contribution in [0.5, 0.6) is 0 Å². The number of anilines is 2. The molecule has 0 atom stereocenters. The van der Waals surface area contributed by atoms with Gasteiger partial charge >= 0.3 is 0 Å². The molecule has 0 unspecified atom stereocenters. The Bertz CT molecular complexity index is 610. The van der Waals surface area contributed by atoms with Crippen LogP contribution < -0.4 is 10.6 Å². The highest BCUT2D eigenvalue weighted by Gasteiger charge is 2.14. The van der Waals surface area contributed by atoms with Crippen molar-refractivity contribution in [3.8, 4) is 11.3 Å². The van der Waals surface area contributed by atoms with E-state index in [0.717, 1.165) is 35.7 Å². The van der Waals surface area contributed by atoms with Gasteiger partial charge in [0.1, 0.15) is 5.82 Å². The fourth-order valence-corrected chi connectivity index (χ4v) is 2.34. The Morgan fingerprint density at radius 1 is 1.14 bits per heavy atom. The summed E-state index contributed by atoms with van der Waals surface area (Å²) in [6, 6.07) is 9.55. The minimum Gasteiger partial charge on any atom is -0.392 e. The van der Waals surface area contributed by atoms with E-state index in [1.54, 1.807) is 0 Å². The topological polar surface area (TPSA) is 84.5 Å². The second kappa shape index (κ2) is 6.07. The summed E-state index contributed by atoms with van der Waals surface area (Å²) >= 11 is 0. The van der Waals surface area contributed by atoms with Gasteiger partial charge in [0.25, 0.3) is 0 Å². The van der Waals surface area contributed by atoms with E-state index < -0.39 is 0 Å². The predicted molar refractivity (Wildman–Crippen MR) is 80.8 cm³/mol. The molecule has 110 valence electrons. The highest BCUT2D eigenvalue weighted by atomic mass is 16.5. The SMILES string of the molecule is Nc1nc(-c2ccc(CO)cc2)cc(N2CCOCC2)n1. The average Bonchev–Trinajstić information content (AvgIpc) is 2.55. The maximum atomic E-state index is 9.09. The lowest BCUT2D eigenvalue weighted by molar-refractivity contribution is 0.122. The molecule has 21 heavy (non-hydrogen) atoms. The average molecular weight is 286 g/mol. The number of benzene rings is 1. The molecule has 1 aromatic heterocycles. The van der Waals surface area contributed by atoms with Gasteiger partial charge in [-0.05, 0) is 5.56 Å². The normalized spacial score (nSPS) is 15.2. The van der Waals surface area contributed by atoms with Gasteiger partial charge in [-0.15, -0.1) is 0 Å². The molecule has 3 rings (SSSR count). The fraction of sp³-hybridized carbons (Fsp3) is 0.333. The molecule has 2 heterocycles. The molecule has 1 aromatic carbocycles. The summed E-state index contributed by atoms with van der Waals surface area (Å²) in [5.74, 6) is 1.09. The first kappa shape index (κ1) is 13.8. The number of morpholine rings is 1. The first-order valence-corrected chi connectivity index (χ1v) is 6.94. The number of rotatable bonds is 3. The fourth-order valence-electron chi connectivity index (χ4n) is 2.34. The molecular weight excluding hydrogens is 268 g/mol. The molecule has 0 radical (unpaired) electrons. The van der Waals surface area contributed by atoms with E-state index in [9.17, 15) is 0 Å². The minimum absolute atomic E-state index is 0.0330. The standard InChI is InChI=1S/C15H18N4O2/c16-15-17-13(12-3-1-11(10-20)2-4-12)9-14(18-15)19-5-7-21-8-6-19/h1-4,9,20H,5-8,10H2,(H2,16,17,18). The smallest absolute Gasteiger partial charge is 0.222 e. The maximum absolute atomic E-state index is 9.09. The van der Waals surface area contributed by atoms with Gasteiger partial charge in [-0.25, -0.2) is 4.98 Å². The molecule has 1 aliphatic rings. The van der Waals surface area contributed by atoms with Crippen LogP contribution in [0, 0.1) is 0 Å². The maximum Gasteiger partial charge on any atom is 0.222 e. The molecule has 1 saturated heterocycles. The van der Waals surface area contributed by atoms with Gasteiger partial charge in [0, 0.05) is 24.7 Å². The Morgan fingerprint density at radius 3 is 2.52 bits per heavy atom. The van der Waals surface area contributed by atoms with Crippen LogP contribution in [-0.4, -0.2) is 41.4 Å². The lowest BCUT2D eigenvalue weighted by atomic mass is 10.1. The number of hydrogen-bond donors (Lipinski definition) is 2. The van der Waals surface area contributed by atoms with E-state index in [1.807, 2.05) is 30.3 Å². The number of nitrogens with zero attached hydrogens (tertiary/aromatic N) is 3. The van der Waals surface area contributed by atoms with E-state index in [-0.39, 0.29) is 12.6 Å². The molecule has 1 aliphatic heterocycles. The summed E-state index contributed by atoms with van der Waals surface area (Å²) in [5.41, 5.74) is 8.45. The van der Waals surface area contributed by atoms with E-state index in [0.29, 0.717) is 13.2 Å². The number of aromatic nitrogens is 2. The Kier molecular flexibility index (Phi) is 3.98. The minimum atomic E-state index is 0.0330. The van der Waals surface area contributed by atoms with Gasteiger partial charge < -0.3 is 20.5 Å². The van der Waals surface area contributed by atoms with Crippen LogP contribution in [0.1, 0.15) is 5.56 Å².